The normalized spacial score (nSPS) is 11.6. The maximum Gasteiger partial charge on any atom is 0.344 e. The second-order valence-electron chi connectivity index (χ2n) is 6.92. The Bertz CT molecular complexity index is 963. The third-order valence-corrected chi connectivity index (χ3v) is 5.13. The van der Waals surface area contributed by atoms with E-state index in [-0.39, 0.29) is 0 Å². The number of carbonyl (C=O) groups excluding carboxylic acids is 1. The fourth-order valence-electron chi connectivity index (χ4n) is 3.30. The van der Waals surface area contributed by atoms with E-state index < -0.39 is 5.97 Å². The van der Waals surface area contributed by atoms with Crippen molar-refractivity contribution in [3.05, 3.63) is 29.8 Å². The van der Waals surface area contributed by atoms with Crippen LogP contribution in [0.2, 0.25) is 0 Å². The van der Waals surface area contributed by atoms with Gasteiger partial charge in [-0.2, -0.15) is 0 Å². The number of benzene rings is 1. The van der Waals surface area contributed by atoms with Gasteiger partial charge in [0.1, 0.15) is 16.9 Å². The van der Waals surface area contributed by atoms with Crippen LogP contribution in [0.5, 0.6) is 0 Å². The zero-order chi connectivity index (χ0) is 20.1. The Hall–Kier alpha value is -2.67. The van der Waals surface area contributed by atoms with Gasteiger partial charge in [-0.05, 0) is 24.5 Å². The lowest BCUT2D eigenvalue weighted by Gasteiger charge is -2.12. The number of para-hydroxylation sites is 2. The molecular formula is C21H28N4O3. The molecule has 3 rings (SSSR count). The molecule has 0 aliphatic carbocycles. The zero-order valence-electron chi connectivity index (χ0n) is 16.8. The summed E-state index contributed by atoms with van der Waals surface area (Å²) in [7, 11) is 1.66. The van der Waals surface area contributed by atoms with Crippen LogP contribution in [0.25, 0.3) is 22.2 Å². The second-order valence-corrected chi connectivity index (χ2v) is 6.92. The lowest BCUT2D eigenvalue weighted by molar-refractivity contribution is 0.0436. The number of nitrogens with two attached hydrogens (primary N) is 1. The second kappa shape index (κ2) is 9.01. The monoisotopic (exact) mass is 384 g/mol. The standard InChI is InChI=1S/C21H28N4O3/c1-4-14(5-2)13-28-21(26)17-18-20(25(19(17)22)11-8-12-27-3)24-16-10-7-6-9-15(16)23-18/h6-7,9-10,14H,4-5,8,11-13,22H2,1-3H3. The van der Waals surface area contributed by atoms with E-state index in [1.807, 2.05) is 28.8 Å². The number of fused-ring (bicyclic) bond motifs is 2. The smallest absolute Gasteiger partial charge is 0.344 e. The Balaban J connectivity index is 2.05. The minimum Gasteiger partial charge on any atom is -0.462 e. The number of aromatic nitrogens is 3. The number of nitrogens with zero attached hydrogens (tertiary/aromatic N) is 3. The lowest BCUT2D eigenvalue weighted by Crippen LogP contribution is -2.15. The van der Waals surface area contributed by atoms with Crippen molar-refractivity contribution in [2.45, 2.75) is 39.7 Å². The lowest BCUT2D eigenvalue weighted by atomic mass is 10.1. The number of anilines is 1. The number of esters is 1. The first kappa shape index (κ1) is 20.1. The molecule has 7 heteroatoms. The first-order chi connectivity index (χ1) is 13.6. The van der Waals surface area contributed by atoms with Crippen LogP contribution in [0.1, 0.15) is 43.5 Å². The highest BCUT2D eigenvalue weighted by Gasteiger charge is 2.25. The van der Waals surface area contributed by atoms with Gasteiger partial charge in [0.05, 0.1) is 17.6 Å². The van der Waals surface area contributed by atoms with Gasteiger partial charge in [-0.15, -0.1) is 0 Å². The van der Waals surface area contributed by atoms with Gasteiger partial charge in [0, 0.05) is 20.3 Å². The maximum absolute atomic E-state index is 12.9. The molecule has 7 nitrogen and oxygen atoms in total. The molecule has 2 heterocycles. The highest BCUT2D eigenvalue weighted by atomic mass is 16.5. The highest BCUT2D eigenvalue weighted by molar-refractivity contribution is 6.08. The first-order valence-corrected chi connectivity index (χ1v) is 9.81. The van der Waals surface area contributed by atoms with E-state index >= 15 is 0 Å². The van der Waals surface area contributed by atoms with Crippen LogP contribution in [0, 0.1) is 5.92 Å². The molecule has 0 saturated carbocycles. The summed E-state index contributed by atoms with van der Waals surface area (Å²) in [6, 6.07) is 7.58. The van der Waals surface area contributed by atoms with E-state index in [0.717, 1.165) is 30.3 Å². The van der Waals surface area contributed by atoms with Crippen molar-refractivity contribution in [1.82, 2.24) is 14.5 Å². The molecule has 28 heavy (non-hydrogen) atoms. The highest BCUT2D eigenvalue weighted by Crippen LogP contribution is 2.29. The third kappa shape index (κ3) is 3.94. The van der Waals surface area contributed by atoms with Crippen LogP contribution in [0.4, 0.5) is 5.82 Å². The van der Waals surface area contributed by atoms with Crippen molar-refractivity contribution in [2.75, 3.05) is 26.1 Å². The Morgan fingerprint density at radius 3 is 2.50 bits per heavy atom. The fourth-order valence-corrected chi connectivity index (χ4v) is 3.30. The maximum atomic E-state index is 12.9. The minimum atomic E-state index is -0.440. The predicted molar refractivity (Wildman–Crippen MR) is 110 cm³/mol. The summed E-state index contributed by atoms with van der Waals surface area (Å²) in [4.78, 5) is 22.3. The summed E-state index contributed by atoms with van der Waals surface area (Å²) in [5.41, 5.74) is 9.25. The molecule has 0 aliphatic rings. The van der Waals surface area contributed by atoms with Crippen molar-refractivity contribution in [2.24, 2.45) is 5.92 Å². The summed E-state index contributed by atoms with van der Waals surface area (Å²) in [5, 5.41) is 0. The predicted octanol–water partition coefficient (Wildman–Crippen LogP) is 3.80. The fraction of sp³-hybridized carbons (Fsp3) is 0.476. The molecule has 0 unspecified atom stereocenters. The van der Waals surface area contributed by atoms with Crippen LogP contribution in [0.15, 0.2) is 24.3 Å². The number of hydrogen-bond acceptors (Lipinski definition) is 6. The van der Waals surface area contributed by atoms with Crippen molar-refractivity contribution in [3.63, 3.8) is 0 Å². The summed E-state index contributed by atoms with van der Waals surface area (Å²) in [6.07, 6.45) is 2.67. The molecule has 2 N–H and O–H groups in total. The van der Waals surface area contributed by atoms with Gasteiger partial charge in [0.2, 0.25) is 0 Å². The number of nitrogen functional groups attached to an aromatic ring is 1. The number of methoxy groups -OCH3 is 1. The number of rotatable bonds is 9. The van der Waals surface area contributed by atoms with E-state index in [0.29, 0.717) is 48.2 Å². The average Bonchev–Trinajstić information content (AvgIpc) is 2.98. The van der Waals surface area contributed by atoms with E-state index in [1.165, 1.54) is 0 Å². The SMILES string of the molecule is CCC(CC)COC(=O)c1c(N)n(CCCOC)c2nc3ccccc3nc12. The van der Waals surface area contributed by atoms with Crippen molar-refractivity contribution in [3.8, 4) is 0 Å². The summed E-state index contributed by atoms with van der Waals surface area (Å²) in [6.45, 7) is 5.74. The summed E-state index contributed by atoms with van der Waals surface area (Å²) >= 11 is 0. The molecule has 1 aromatic carbocycles. The van der Waals surface area contributed by atoms with Gasteiger partial charge < -0.3 is 19.8 Å². The number of carbonyl (C=O) groups is 1. The van der Waals surface area contributed by atoms with E-state index in [1.54, 1.807) is 7.11 Å². The Labute approximate surface area is 164 Å². The molecule has 0 spiro atoms. The molecule has 0 fully saturated rings. The van der Waals surface area contributed by atoms with Crippen LogP contribution < -0.4 is 5.73 Å². The van der Waals surface area contributed by atoms with Crippen molar-refractivity contribution < 1.29 is 14.3 Å². The van der Waals surface area contributed by atoms with Gasteiger partial charge in [-0.3, -0.25) is 0 Å². The van der Waals surface area contributed by atoms with Crippen LogP contribution in [-0.2, 0) is 16.0 Å². The molecule has 150 valence electrons. The number of aryl methyl sites for hydroxylation is 1. The Morgan fingerprint density at radius 2 is 1.86 bits per heavy atom. The van der Waals surface area contributed by atoms with Gasteiger partial charge in [-0.1, -0.05) is 38.8 Å². The van der Waals surface area contributed by atoms with Gasteiger partial charge >= 0.3 is 5.97 Å². The molecule has 3 aromatic rings. The van der Waals surface area contributed by atoms with Crippen LogP contribution in [-0.4, -0.2) is 40.8 Å². The van der Waals surface area contributed by atoms with Crippen molar-refractivity contribution in [1.29, 1.82) is 0 Å². The number of ether oxygens (including phenoxy) is 2. The summed E-state index contributed by atoms with van der Waals surface area (Å²) < 4.78 is 12.6. The van der Waals surface area contributed by atoms with Crippen LogP contribution >= 0.6 is 0 Å². The molecule has 0 aliphatic heterocycles. The van der Waals surface area contributed by atoms with Gasteiger partial charge in [0.25, 0.3) is 0 Å². The molecule has 2 aromatic heterocycles. The third-order valence-electron chi connectivity index (χ3n) is 5.13. The molecular weight excluding hydrogens is 356 g/mol. The largest absolute Gasteiger partial charge is 0.462 e. The first-order valence-electron chi connectivity index (χ1n) is 9.81. The Kier molecular flexibility index (Phi) is 6.46. The molecule has 0 amide bonds. The van der Waals surface area contributed by atoms with Gasteiger partial charge in [-0.25, -0.2) is 14.8 Å². The van der Waals surface area contributed by atoms with Crippen LogP contribution in [0.3, 0.4) is 0 Å². The van der Waals surface area contributed by atoms with Gasteiger partial charge in [0.15, 0.2) is 5.65 Å². The Morgan fingerprint density at radius 1 is 1.18 bits per heavy atom. The minimum absolute atomic E-state index is 0.302. The van der Waals surface area contributed by atoms with E-state index in [4.69, 9.17) is 20.2 Å². The molecule has 0 atom stereocenters. The van der Waals surface area contributed by atoms with E-state index in [2.05, 4.69) is 18.8 Å². The quantitative estimate of drug-likeness (QED) is 0.446. The molecule has 0 saturated heterocycles. The molecule has 0 radical (unpaired) electrons. The average molecular weight is 384 g/mol. The van der Waals surface area contributed by atoms with Crippen molar-refractivity contribution >= 4 is 34.0 Å². The summed E-state index contributed by atoms with van der Waals surface area (Å²) in [5.74, 6) is 0.243. The topological polar surface area (TPSA) is 92.3 Å². The molecule has 0 bridgehead atoms. The zero-order valence-corrected chi connectivity index (χ0v) is 16.8. The number of hydrogen-bond donors (Lipinski definition) is 1. The van der Waals surface area contributed by atoms with E-state index in [9.17, 15) is 4.79 Å².